The second-order valence-electron chi connectivity index (χ2n) is 3.93. The minimum absolute atomic E-state index is 0.473. The van der Waals surface area contributed by atoms with E-state index in [0.717, 1.165) is 27.5 Å². The van der Waals surface area contributed by atoms with Crippen LogP contribution in [-0.2, 0) is 6.54 Å². The summed E-state index contributed by atoms with van der Waals surface area (Å²) in [5.74, 6) is 0. The van der Waals surface area contributed by atoms with Crippen molar-refractivity contribution in [3.8, 4) is 0 Å². The van der Waals surface area contributed by atoms with Crippen LogP contribution in [0, 0.1) is 20.8 Å². The molecular weight excluding hydrogens is 234 g/mol. The fraction of sp³-hybridized carbons (Fsp3) is 0.333. The molecule has 0 saturated heterocycles. The van der Waals surface area contributed by atoms with Crippen LogP contribution in [0.5, 0.6) is 0 Å². The second kappa shape index (κ2) is 4.89. The van der Waals surface area contributed by atoms with Crippen molar-refractivity contribution >= 4 is 11.8 Å². The van der Waals surface area contributed by atoms with Gasteiger partial charge in [0.05, 0.1) is 5.69 Å². The van der Waals surface area contributed by atoms with Gasteiger partial charge in [0, 0.05) is 17.8 Å². The van der Waals surface area contributed by atoms with Crippen LogP contribution in [0.1, 0.15) is 22.5 Å². The molecule has 0 amide bonds. The quantitative estimate of drug-likeness (QED) is 0.905. The molecule has 0 atom stereocenters. The maximum atomic E-state index is 5.76. The Balaban J connectivity index is 2.37. The van der Waals surface area contributed by atoms with Gasteiger partial charge in [-0.15, -0.1) is 0 Å². The highest BCUT2D eigenvalue weighted by Crippen LogP contribution is 2.29. The van der Waals surface area contributed by atoms with E-state index in [4.69, 9.17) is 10.2 Å². The molecule has 2 rings (SSSR count). The summed E-state index contributed by atoms with van der Waals surface area (Å²) >= 11 is 1.42. The molecule has 0 aromatic carbocycles. The van der Waals surface area contributed by atoms with Gasteiger partial charge in [-0.25, -0.2) is 9.97 Å². The lowest BCUT2D eigenvalue weighted by atomic mass is 10.1. The van der Waals surface area contributed by atoms with Crippen LogP contribution in [0.2, 0.25) is 0 Å². The second-order valence-corrected chi connectivity index (χ2v) is 4.87. The van der Waals surface area contributed by atoms with Gasteiger partial charge in [0.1, 0.15) is 11.3 Å². The van der Waals surface area contributed by atoms with Gasteiger partial charge in [0.2, 0.25) is 0 Å². The Morgan fingerprint density at radius 1 is 1.24 bits per heavy atom. The Labute approximate surface area is 105 Å². The lowest BCUT2D eigenvalue weighted by Crippen LogP contribution is -2.04. The summed E-state index contributed by atoms with van der Waals surface area (Å²) < 4.78 is 5.32. The van der Waals surface area contributed by atoms with Gasteiger partial charge in [-0.2, -0.15) is 0 Å². The molecule has 90 valence electrons. The van der Waals surface area contributed by atoms with Crippen LogP contribution in [0.3, 0.4) is 0 Å². The average Bonchev–Trinajstić information content (AvgIpc) is 2.63. The lowest BCUT2D eigenvalue weighted by molar-refractivity contribution is 0.453. The Morgan fingerprint density at radius 2 is 2.00 bits per heavy atom. The van der Waals surface area contributed by atoms with Gasteiger partial charge in [0.25, 0.3) is 5.22 Å². The third-order valence-electron chi connectivity index (χ3n) is 2.42. The van der Waals surface area contributed by atoms with Gasteiger partial charge >= 0.3 is 0 Å². The minimum Gasteiger partial charge on any atom is -0.439 e. The summed E-state index contributed by atoms with van der Waals surface area (Å²) in [6.45, 7) is 6.38. The molecular formula is C12H15N3OS. The van der Waals surface area contributed by atoms with E-state index >= 15 is 0 Å². The molecule has 5 heteroatoms. The molecule has 4 nitrogen and oxygen atoms in total. The summed E-state index contributed by atoms with van der Waals surface area (Å²) in [6.07, 6.45) is 1.63. The van der Waals surface area contributed by atoms with Crippen LogP contribution in [0.25, 0.3) is 0 Å². The van der Waals surface area contributed by atoms with Crippen molar-refractivity contribution in [3.05, 3.63) is 34.8 Å². The van der Waals surface area contributed by atoms with Gasteiger partial charge in [0.15, 0.2) is 0 Å². The Hall–Kier alpha value is -1.33. The lowest BCUT2D eigenvalue weighted by Gasteiger charge is -2.09. The van der Waals surface area contributed by atoms with Crippen LogP contribution in [0.4, 0.5) is 0 Å². The van der Waals surface area contributed by atoms with Crippen molar-refractivity contribution in [1.29, 1.82) is 0 Å². The first-order valence-corrected chi connectivity index (χ1v) is 6.19. The first kappa shape index (κ1) is 12.1. The van der Waals surface area contributed by atoms with E-state index in [0.29, 0.717) is 11.8 Å². The molecule has 0 unspecified atom stereocenters. The topological polar surface area (TPSA) is 64.9 Å². The van der Waals surface area contributed by atoms with Crippen molar-refractivity contribution in [2.45, 2.75) is 37.6 Å². The number of aryl methyl sites for hydroxylation is 3. The fourth-order valence-electron chi connectivity index (χ4n) is 1.62. The highest BCUT2D eigenvalue weighted by Gasteiger charge is 2.12. The molecule has 0 aliphatic carbocycles. The van der Waals surface area contributed by atoms with Gasteiger partial charge in [-0.3, -0.25) is 0 Å². The number of hydrogen-bond acceptors (Lipinski definition) is 5. The Morgan fingerprint density at radius 3 is 2.59 bits per heavy atom. The first-order valence-electron chi connectivity index (χ1n) is 5.37. The average molecular weight is 249 g/mol. The molecule has 0 aliphatic heterocycles. The number of rotatable bonds is 3. The van der Waals surface area contributed by atoms with Crippen molar-refractivity contribution in [3.63, 3.8) is 0 Å². The van der Waals surface area contributed by atoms with Crippen LogP contribution < -0.4 is 5.73 Å². The normalized spacial score (nSPS) is 10.8. The highest BCUT2D eigenvalue weighted by atomic mass is 32.2. The minimum atomic E-state index is 0.473. The molecule has 0 bridgehead atoms. The SMILES string of the molecule is Cc1coc(Sc2nc(C)cc(C)c2CN)n1. The predicted octanol–water partition coefficient (Wildman–Crippen LogP) is 2.60. The van der Waals surface area contributed by atoms with Gasteiger partial charge in [-0.1, -0.05) is 0 Å². The van der Waals surface area contributed by atoms with Crippen molar-refractivity contribution in [1.82, 2.24) is 9.97 Å². The molecule has 0 aliphatic rings. The molecule has 17 heavy (non-hydrogen) atoms. The van der Waals surface area contributed by atoms with Crippen LogP contribution in [-0.4, -0.2) is 9.97 Å². The Bertz CT molecular complexity index is 537. The third-order valence-corrected chi connectivity index (χ3v) is 3.32. The summed E-state index contributed by atoms with van der Waals surface area (Å²) in [5, 5.41) is 1.49. The fourth-order valence-corrected chi connectivity index (χ4v) is 2.63. The van der Waals surface area contributed by atoms with Gasteiger partial charge < -0.3 is 10.2 Å². The maximum absolute atomic E-state index is 5.76. The largest absolute Gasteiger partial charge is 0.439 e. The van der Waals surface area contributed by atoms with E-state index in [1.54, 1.807) is 6.26 Å². The number of nitrogens with two attached hydrogens (primary N) is 1. The predicted molar refractivity (Wildman–Crippen MR) is 67.0 cm³/mol. The van der Waals surface area contributed by atoms with Crippen molar-refractivity contribution in [2.75, 3.05) is 0 Å². The zero-order valence-electron chi connectivity index (χ0n) is 10.2. The Kier molecular flexibility index (Phi) is 3.49. The van der Waals surface area contributed by atoms with E-state index in [2.05, 4.69) is 9.97 Å². The molecule has 0 radical (unpaired) electrons. The van der Waals surface area contributed by atoms with Crippen LogP contribution in [0.15, 0.2) is 27.0 Å². The summed E-state index contributed by atoms with van der Waals surface area (Å²) in [7, 11) is 0. The molecule has 2 aromatic rings. The molecule has 2 N–H and O–H groups in total. The smallest absolute Gasteiger partial charge is 0.262 e. The molecule has 2 aromatic heterocycles. The first-order chi connectivity index (χ1) is 8.10. The molecule has 0 saturated carbocycles. The standard InChI is InChI=1S/C12H15N3OS/c1-7-4-8(2)14-11(10(7)5-13)17-12-15-9(3)6-16-12/h4,6H,5,13H2,1-3H3. The van der Waals surface area contributed by atoms with E-state index in [-0.39, 0.29) is 0 Å². The van der Waals surface area contributed by atoms with E-state index < -0.39 is 0 Å². The monoisotopic (exact) mass is 249 g/mol. The van der Waals surface area contributed by atoms with Crippen LogP contribution >= 0.6 is 11.8 Å². The third kappa shape index (κ3) is 2.68. The number of hydrogen-bond donors (Lipinski definition) is 1. The molecule has 0 spiro atoms. The number of oxazole rings is 1. The van der Waals surface area contributed by atoms with Crippen molar-refractivity contribution in [2.24, 2.45) is 5.73 Å². The maximum Gasteiger partial charge on any atom is 0.262 e. The number of aromatic nitrogens is 2. The van der Waals surface area contributed by atoms with Crippen molar-refractivity contribution < 1.29 is 4.42 Å². The molecule has 0 fully saturated rings. The number of nitrogens with zero attached hydrogens (tertiary/aromatic N) is 2. The zero-order valence-corrected chi connectivity index (χ0v) is 11.0. The van der Waals surface area contributed by atoms with Gasteiger partial charge in [-0.05, 0) is 44.2 Å². The number of pyridine rings is 1. The summed E-state index contributed by atoms with van der Waals surface area (Å²) in [5.41, 5.74) is 9.81. The zero-order chi connectivity index (χ0) is 12.4. The summed E-state index contributed by atoms with van der Waals surface area (Å²) in [4.78, 5) is 8.75. The van der Waals surface area contributed by atoms with E-state index in [9.17, 15) is 0 Å². The summed E-state index contributed by atoms with van der Waals surface area (Å²) in [6, 6.07) is 2.03. The van der Waals surface area contributed by atoms with E-state index in [1.807, 2.05) is 26.8 Å². The highest BCUT2D eigenvalue weighted by molar-refractivity contribution is 7.99. The van der Waals surface area contributed by atoms with E-state index in [1.165, 1.54) is 11.8 Å². The molecule has 2 heterocycles.